The Morgan fingerprint density at radius 3 is 1.88 bits per heavy atom. The number of azide groups is 1. The number of esters is 1. The summed E-state index contributed by atoms with van der Waals surface area (Å²) in [7, 11) is 1.43. The maximum atomic E-state index is 11.9. The van der Waals surface area contributed by atoms with Crippen LogP contribution in [0.4, 0.5) is 0 Å². The van der Waals surface area contributed by atoms with E-state index < -0.39 is 0 Å². The van der Waals surface area contributed by atoms with Gasteiger partial charge < -0.3 is 4.74 Å². The molecule has 0 N–H and O–H groups in total. The van der Waals surface area contributed by atoms with Gasteiger partial charge in [0, 0.05) is 17.3 Å². The fraction of sp³-hybridized carbons (Fsp3) is 0.900. The fourth-order valence-corrected chi connectivity index (χ4v) is 3.16. The fourth-order valence-electron chi connectivity index (χ4n) is 3.16. The van der Waals surface area contributed by atoms with Gasteiger partial charge in [0.1, 0.15) is 0 Å². The minimum Gasteiger partial charge on any atom is -0.469 e. The number of amides is 1. The zero-order valence-electron chi connectivity index (χ0n) is 16.8. The third-order valence-corrected chi connectivity index (χ3v) is 4.81. The Balaban J connectivity index is 3.72. The molecule has 0 radical (unpaired) electrons. The van der Waals surface area contributed by atoms with Crippen molar-refractivity contribution in [2.24, 2.45) is 11.0 Å². The average molecular weight is 368 g/mol. The van der Waals surface area contributed by atoms with E-state index in [-0.39, 0.29) is 17.8 Å². The maximum absolute atomic E-state index is 11.9. The van der Waals surface area contributed by atoms with Crippen LogP contribution in [0.2, 0.25) is 0 Å². The van der Waals surface area contributed by atoms with Crippen LogP contribution in [0.3, 0.4) is 0 Å². The Labute approximate surface area is 158 Å². The third kappa shape index (κ3) is 14.8. The predicted octanol–water partition coefficient (Wildman–Crippen LogP) is 6.48. The zero-order chi connectivity index (χ0) is 19.5. The van der Waals surface area contributed by atoms with Crippen LogP contribution in [0.1, 0.15) is 103 Å². The molecular formula is C20H37N3O3. The van der Waals surface area contributed by atoms with E-state index in [1.54, 1.807) is 0 Å². The molecular weight excluding hydrogens is 330 g/mol. The van der Waals surface area contributed by atoms with Crippen molar-refractivity contribution >= 4 is 11.9 Å². The summed E-state index contributed by atoms with van der Waals surface area (Å²) in [6.07, 6.45) is 15.6. The van der Waals surface area contributed by atoms with Gasteiger partial charge in [0.2, 0.25) is 5.91 Å². The number of carbonyl (C=O) groups excluding carboxylic acids is 2. The molecule has 0 rings (SSSR count). The van der Waals surface area contributed by atoms with Crippen LogP contribution in [0.5, 0.6) is 0 Å². The number of unbranched alkanes of at least 4 members (excludes halogenated alkanes) is 10. The summed E-state index contributed by atoms with van der Waals surface area (Å²) in [6, 6.07) is 0. The molecule has 0 spiro atoms. The largest absolute Gasteiger partial charge is 0.469 e. The van der Waals surface area contributed by atoms with Gasteiger partial charge in [-0.25, -0.2) is 0 Å². The first-order valence-corrected chi connectivity index (χ1v) is 10.3. The first-order valence-electron chi connectivity index (χ1n) is 10.3. The normalized spacial score (nSPS) is 11.6. The zero-order valence-corrected chi connectivity index (χ0v) is 16.8. The number of rotatable bonds is 17. The second-order valence-electron chi connectivity index (χ2n) is 7.02. The third-order valence-electron chi connectivity index (χ3n) is 4.81. The highest BCUT2D eigenvalue weighted by molar-refractivity contribution is 5.79. The lowest BCUT2D eigenvalue weighted by Crippen LogP contribution is -2.11. The van der Waals surface area contributed by atoms with Crippen molar-refractivity contribution in [3.8, 4) is 0 Å². The molecule has 6 nitrogen and oxygen atoms in total. The molecule has 0 aliphatic carbocycles. The highest BCUT2D eigenvalue weighted by atomic mass is 16.5. The van der Waals surface area contributed by atoms with E-state index in [1.807, 2.05) is 0 Å². The number of carbonyl (C=O) groups is 2. The Morgan fingerprint density at radius 2 is 1.38 bits per heavy atom. The first kappa shape index (κ1) is 24.5. The van der Waals surface area contributed by atoms with E-state index >= 15 is 0 Å². The quantitative estimate of drug-likeness (QED) is 0.0967. The molecule has 0 saturated heterocycles. The summed E-state index contributed by atoms with van der Waals surface area (Å²) in [4.78, 5) is 25.5. The number of methoxy groups -OCH3 is 1. The van der Waals surface area contributed by atoms with Crippen LogP contribution < -0.4 is 0 Å². The van der Waals surface area contributed by atoms with Crippen molar-refractivity contribution in [1.29, 1.82) is 0 Å². The minimum atomic E-state index is -0.283. The lowest BCUT2D eigenvalue weighted by atomic mass is 9.93. The van der Waals surface area contributed by atoms with Crippen molar-refractivity contribution in [1.82, 2.24) is 0 Å². The first-order chi connectivity index (χ1) is 12.7. The second-order valence-corrected chi connectivity index (χ2v) is 7.02. The number of hydrogen-bond acceptors (Lipinski definition) is 3. The predicted molar refractivity (Wildman–Crippen MR) is 105 cm³/mol. The molecule has 0 bridgehead atoms. The summed E-state index contributed by atoms with van der Waals surface area (Å²) in [5.41, 5.74) is 8.48. The van der Waals surface area contributed by atoms with Gasteiger partial charge in [0.25, 0.3) is 0 Å². The van der Waals surface area contributed by atoms with Crippen molar-refractivity contribution in [2.45, 2.75) is 103 Å². The van der Waals surface area contributed by atoms with Crippen molar-refractivity contribution in [2.75, 3.05) is 7.11 Å². The molecule has 0 aliphatic rings. The van der Waals surface area contributed by atoms with Crippen molar-refractivity contribution < 1.29 is 14.3 Å². The van der Waals surface area contributed by atoms with Gasteiger partial charge in [0.05, 0.1) is 7.11 Å². The highest BCUT2D eigenvalue weighted by Gasteiger charge is 2.16. The van der Waals surface area contributed by atoms with Crippen molar-refractivity contribution in [3.63, 3.8) is 0 Å². The smallest absolute Gasteiger partial charge is 0.305 e. The molecule has 0 aromatic heterocycles. The molecule has 0 heterocycles. The molecule has 26 heavy (non-hydrogen) atoms. The van der Waals surface area contributed by atoms with Crippen LogP contribution in [0.15, 0.2) is 5.11 Å². The highest BCUT2D eigenvalue weighted by Crippen LogP contribution is 2.20. The van der Waals surface area contributed by atoms with E-state index in [2.05, 4.69) is 21.7 Å². The van der Waals surface area contributed by atoms with Gasteiger partial charge in [-0.1, -0.05) is 77.6 Å². The number of hydrogen-bond donors (Lipinski definition) is 0. The molecule has 150 valence electrons. The summed E-state index contributed by atoms with van der Waals surface area (Å²) in [5.74, 6) is -0.500. The second kappa shape index (κ2) is 18.2. The lowest BCUT2D eigenvalue weighted by Gasteiger charge is -2.13. The standard InChI is InChI=1S/C20H37N3O3/c1-3-4-5-12-15-18(20(25)22-23-21)16-13-10-8-6-7-9-11-14-17-19(24)26-2/h18H,3-17H2,1-2H3. The lowest BCUT2D eigenvalue weighted by molar-refractivity contribution is -0.140. The number of nitrogens with zero attached hydrogens (tertiary/aromatic N) is 3. The SMILES string of the molecule is CCCCCCC(CCCCCCCCCCC(=O)OC)C(=O)N=[N+]=[N-]. The summed E-state index contributed by atoms with van der Waals surface area (Å²) in [6.45, 7) is 2.17. The van der Waals surface area contributed by atoms with E-state index in [1.165, 1.54) is 39.2 Å². The molecule has 1 atom stereocenters. The molecule has 1 unspecified atom stereocenters. The molecule has 0 aromatic rings. The van der Waals surface area contributed by atoms with Crippen LogP contribution in [-0.2, 0) is 14.3 Å². The molecule has 0 fully saturated rings. The van der Waals surface area contributed by atoms with Crippen LogP contribution in [0.25, 0.3) is 10.4 Å². The molecule has 1 amide bonds. The van der Waals surface area contributed by atoms with Crippen LogP contribution in [-0.4, -0.2) is 19.0 Å². The van der Waals surface area contributed by atoms with Gasteiger partial charge >= 0.3 is 5.97 Å². The van der Waals surface area contributed by atoms with Gasteiger partial charge in [0.15, 0.2) is 0 Å². The Kier molecular flexibility index (Phi) is 17.2. The molecule has 0 aliphatic heterocycles. The summed E-state index contributed by atoms with van der Waals surface area (Å²) in [5, 5.41) is 3.31. The summed E-state index contributed by atoms with van der Waals surface area (Å²) >= 11 is 0. The molecule has 0 saturated carbocycles. The summed E-state index contributed by atoms with van der Waals surface area (Å²) < 4.78 is 4.62. The van der Waals surface area contributed by atoms with E-state index in [4.69, 9.17) is 5.53 Å². The number of ether oxygens (including phenoxy) is 1. The molecule has 6 heteroatoms. The van der Waals surface area contributed by atoms with Crippen LogP contribution >= 0.6 is 0 Å². The van der Waals surface area contributed by atoms with Gasteiger partial charge in [-0.05, 0) is 29.9 Å². The van der Waals surface area contributed by atoms with Crippen LogP contribution in [0, 0.1) is 5.92 Å². The molecule has 0 aromatic carbocycles. The monoisotopic (exact) mass is 367 g/mol. The van der Waals surface area contributed by atoms with E-state index in [0.717, 1.165) is 57.8 Å². The van der Waals surface area contributed by atoms with E-state index in [9.17, 15) is 9.59 Å². The maximum Gasteiger partial charge on any atom is 0.305 e. The Hall–Kier alpha value is -1.55. The minimum absolute atomic E-state index is 0.0962. The van der Waals surface area contributed by atoms with Crippen molar-refractivity contribution in [3.05, 3.63) is 10.4 Å². The van der Waals surface area contributed by atoms with Gasteiger partial charge in [-0.2, -0.15) is 0 Å². The van der Waals surface area contributed by atoms with Gasteiger partial charge in [-0.3, -0.25) is 9.59 Å². The van der Waals surface area contributed by atoms with E-state index in [0.29, 0.717) is 6.42 Å². The Morgan fingerprint density at radius 1 is 0.885 bits per heavy atom. The average Bonchev–Trinajstić information content (AvgIpc) is 2.64. The Bertz CT molecular complexity index is 421. The van der Waals surface area contributed by atoms with Gasteiger partial charge in [-0.15, -0.1) is 0 Å². The topological polar surface area (TPSA) is 92.1 Å².